The summed E-state index contributed by atoms with van der Waals surface area (Å²) in [5.74, 6) is -2.05. The SMILES string of the molecule is C=C[C@@H]1CN(CC(=O)O)C(=O)[C@@H]2CCC[C@H]1N2S(=O)(=O)c1cc(Cl)cc(Cl)c1. The molecule has 7 nitrogen and oxygen atoms in total. The van der Waals surface area contributed by atoms with Crippen molar-refractivity contribution >= 4 is 45.1 Å². The van der Waals surface area contributed by atoms with Gasteiger partial charge in [-0.2, -0.15) is 4.31 Å². The van der Waals surface area contributed by atoms with Crippen molar-refractivity contribution < 1.29 is 23.1 Å². The summed E-state index contributed by atoms with van der Waals surface area (Å²) in [4.78, 5) is 25.4. The maximum absolute atomic E-state index is 13.5. The van der Waals surface area contributed by atoms with Crippen LogP contribution in [0.3, 0.4) is 0 Å². The monoisotopic (exact) mass is 446 g/mol. The number of fused-ring (bicyclic) bond motifs is 2. The lowest BCUT2D eigenvalue weighted by Gasteiger charge is -2.40. The molecule has 0 saturated carbocycles. The van der Waals surface area contributed by atoms with Crippen molar-refractivity contribution in [3.63, 3.8) is 0 Å². The van der Waals surface area contributed by atoms with Gasteiger partial charge < -0.3 is 10.0 Å². The van der Waals surface area contributed by atoms with Gasteiger partial charge in [-0.1, -0.05) is 29.3 Å². The highest BCUT2D eigenvalue weighted by Crippen LogP contribution is 2.38. The molecule has 2 fully saturated rings. The summed E-state index contributed by atoms with van der Waals surface area (Å²) in [6.07, 6.45) is 3.13. The molecule has 0 aliphatic carbocycles. The van der Waals surface area contributed by atoms with Crippen LogP contribution in [0.2, 0.25) is 10.0 Å². The zero-order chi connectivity index (χ0) is 20.6. The fourth-order valence-corrected chi connectivity index (χ4v) is 6.60. The average Bonchev–Trinajstić information content (AvgIpc) is 2.68. The lowest BCUT2D eigenvalue weighted by atomic mass is 9.90. The molecule has 1 aromatic rings. The summed E-state index contributed by atoms with van der Waals surface area (Å²) in [5.41, 5.74) is 0. The first-order valence-electron chi connectivity index (χ1n) is 8.78. The van der Waals surface area contributed by atoms with E-state index in [2.05, 4.69) is 6.58 Å². The third-order valence-electron chi connectivity index (χ3n) is 5.17. The third-order valence-corrected chi connectivity index (χ3v) is 7.52. The maximum Gasteiger partial charge on any atom is 0.323 e. The van der Waals surface area contributed by atoms with E-state index < -0.39 is 46.4 Å². The molecule has 3 atom stereocenters. The number of hydrogen-bond acceptors (Lipinski definition) is 4. The Balaban J connectivity index is 2.11. The zero-order valence-electron chi connectivity index (χ0n) is 14.9. The molecule has 152 valence electrons. The van der Waals surface area contributed by atoms with Crippen LogP contribution in [0.1, 0.15) is 19.3 Å². The number of rotatable bonds is 5. The van der Waals surface area contributed by atoms with Crippen LogP contribution in [0.4, 0.5) is 0 Å². The number of nitrogens with zero attached hydrogens (tertiary/aromatic N) is 2. The first kappa shape index (κ1) is 21.1. The second-order valence-electron chi connectivity index (χ2n) is 6.97. The molecule has 3 rings (SSSR count). The lowest BCUT2D eigenvalue weighted by Crippen LogP contribution is -2.54. The number of piperidine rings is 1. The fraction of sp³-hybridized carbons (Fsp3) is 0.444. The van der Waals surface area contributed by atoms with E-state index in [0.717, 1.165) is 0 Å². The van der Waals surface area contributed by atoms with Gasteiger partial charge in [0.1, 0.15) is 12.6 Å². The van der Waals surface area contributed by atoms with Gasteiger partial charge in [0.25, 0.3) is 0 Å². The summed E-state index contributed by atoms with van der Waals surface area (Å²) in [7, 11) is -4.10. The van der Waals surface area contributed by atoms with E-state index in [1.807, 2.05) is 0 Å². The van der Waals surface area contributed by atoms with Gasteiger partial charge in [0.15, 0.2) is 0 Å². The van der Waals surface area contributed by atoms with Crippen molar-refractivity contribution in [2.24, 2.45) is 5.92 Å². The Hall–Kier alpha value is -1.61. The van der Waals surface area contributed by atoms with Gasteiger partial charge in [-0.25, -0.2) is 8.42 Å². The zero-order valence-corrected chi connectivity index (χ0v) is 17.3. The van der Waals surface area contributed by atoms with E-state index in [9.17, 15) is 18.0 Å². The molecule has 10 heteroatoms. The average molecular weight is 447 g/mol. The Morgan fingerprint density at radius 1 is 1.25 bits per heavy atom. The van der Waals surface area contributed by atoms with Crippen LogP contribution >= 0.6 is 23.2 Å². The molecule has 2 aliphatic heterocycles. The second kappa shape index (κ2) is 8.02. The van der Waals surface area contributed by atoms with E-state index in [0.29, 0.717) is 19.3 Å². The highest BCUT2D eigenvalue weighted by molar-refractivity contribution is 7.89. The van der Waals surface area contributed by atoms with Crippen LogP contribution in [0.15, 0.2) is 35.7 Å². The van der Waals surface area contributed by atoms with E-state index >= 15 is 0 Å². The number of carbonyl (C=O) groups excluding carboxylic acids is 1. The van der Waals surface area contributed by atoms with Crippen molar-refractivity contribution in [2.75, 3.05) is 13.1 Å². The van der Waals surface area contributed by atoms with E-state index in [-0.39, 0.29) is 21.5 Å². The number of amides is 1. The smallest absolute Gasteiger partial charge is 0.323 e. The largest absolute Gasteiger partial charge is 0.480 e. The topological polar surface area (TPSA) is 95.0 Å². The molecule has 2 bridgehead atoms. The number of hydrogen-bond donors (Lipinski definition) is 1. The molecule has 1 N–H and O–H groups in total. The number of carboxylic acids is 1. The van der Waals surface area contributed by atoms with Crippen LogP contribution in [0, 0.1) is 5.92 Å². The fourth-order valence-electron chi connectivity index (χ4n) is 4.00. The summed E-state index contributed by atoms with van der Waals surface area (Å²) in [6.45, 7) is 3.41. The van der Waals surface area contributed by atoms with Crippen LogP contribution in [0.5, 0.6) is 0 Å². The van der Waals surface area contributed by atoms with E-state index in [1.165, 1.54) is 27.4 Å². The van der Waals surface area contributed by atoms with Crippen molar-refractivity contribution in [3.8, 4) is 0 Å². The Labute approximate surface area is 173 Å². The predicted octanol–water partition coefficient (Wildman–Crippen LogP) is 2.63. The molecule has 0 aromatic heterocycles. The first-order chi connectivity index (χ1) is 13.1. The predicted molar refractivity (Wildman–Crippen MR) is 105 cm³/mol. The Bertz CT molecular complexity index is 900. The summed E-state index contributed by atoms with van der Waals surface area (Å²) in [6, 6.07) is 2.56. The van der Waals surface area contributed by atoms with Crippen LogP contribution in [-0.2, 0) is 19.6 Å². The van der Waals surface area contributed by atoms with Gasteiger partial charge in [-0.3, -0.25) is 9.59 Å². The number of carbonyl (C=O) groups is 2. The van der Waals surface area contributed by atoms with Gasteiger partial charge in [0.05, 0.1) is 4.90 Å². The van der Waals surface area contributed by atoms with Crippen molar-refractivity contribution in [2.45, 2.75) is 36.2 Å². The molecule has 2 aliphatic rings. The number of carboxylic acid groups (broad SMARTS) is 1. The lowest BCUT2D eigenvalue weighted by molar-refractivity contribution is -0.145. The molecule has 2 heterocycles. The third kappa shape index (κ3) is 3.91. The molecule has 0 unspecified atom stereocenters. The van der Waals surface area contributed by atoms with Crippen LogP contribution in [-0.4, -0.2) is 59.8 Å². The van der Waals surface area contributed by atoms with Crippen LogP contribution in [0.25, 0.3) is 0 Å². The molecular weight excluding hydrogens is 427 g/mol. The minimum atomic E-state index is -4.10. The maximum atomic E-state index is 13.5. The molecular formula is C18H20Cl2N2O5S. The summed E-state index contributed by atoms with van der Waals surface area (Å²) < 4.78 is 28.2. The first-order valence-corrected chi connectivity index (χ1v) is 11.0. The van der Waals surface area contributed by atoms with Crippen molar-refractivity contribution in [1.82, 2.24) is 9.21 Å². The quantitative estimate of drug-likeness (QED) is 0.701. The number of aliphatic carboxylic acids is 1. The summed E-state index contributed by atoms with van der Waals surface area (Å²) >= 11 is 12.0. The number of benzene rings is 1. The van der Waals surface area contributed by atoms with Crippen molar-refractivity contribution in [3.05, 3.63) is 40.9 Å². The van der Waals surface area contributed by atoms with Gasteiger partial charge in [0, 0.05) is 28.5 Å². The van der Waals surface area contributed by atoms with Gasteiger partial charge in [-0.15, -0.1) is 6.58 Å². The Morgan fingerprint density at radius 3 is 2.46 bits per heavy atom. The van der Waals surface area contributed by atoms with Crippen molar-refractivity contribution in [1.29, 1.82) is 0 Å². The standard InChI is InChI=1S/C18H20Cl2N2O5S/c1-2-11-9-21(10-17(23)24)18(25)16-5-3-4-15(11)22(16)28(26,27)14-7-12(19)6-13(20)8-14/h2,6-8,11,15-16H,1,3-5,9-10H2,(H,23,24)/t11-,15-,16+/m1/s1. The number of sulfonamides is 1. The van der Waals surface area contributed by atoms with Gasteiger partial charge in [-0.05, 0) is 37.5 Å². The molecule has 1 aromatic carbocycles. The Kier molecular flexibility index (Phi) is 6.05. The minimum absolute atomic E-state index is 0.0933. The highest BCUT2D eigenvalue weighted by atomic mass is 35.5. The normalized spacial score (nSPS) is 26.0. The molecule has 28 heavy (non-hydrogen) atoms. The number of halogens is 2. The second-order valence-corrected chi connectivity index (χ2v) is 9.68. The van der Waals surface area contributed by atoms with Crippen LogP contribution < -0.4 is 0 Å². The van der Waals surface area contributed by atoms with E-state index in [1.54, 1.807) is 6.08 Å². The van der Waals surface area contributed by atoms with E-state index in [4.69, 9.17) is 28.3 Å². The summed E-state index contributed by atoms with van der Waals surface area (Å²) in [5, 5.41) is 9.50. The van der Waals surface area contributed by atoms with Gasteiger partial charge >= 0.3 is 5.97 Å². The minimum Gasteiger partial charge on any atom is -0.480 e. The van der Waals surface area contributed by atoms with Gasteiger partial charge in [0.2, 0.25) is 15.9 Å². The molecule has 0 spiro atoms. The molecule has 0 radical (unpaired) electrons. The Morgan fingerprint density at radius 2 is 1.89 bits per heavy atom. The molecule has 2 saturated heterocycles. The highest BCUT2D eigenvalue weighted by Gasteiger charge is 2.49. The molecule has 1 amide bonds.